The van der Waals surface area contributed by atoms with Crippen LogP contribution in [0.4, 0.5) is 5.69 Å². The molecule has 0 radical (unpaired) electrons. The van der Waals surface area contributed by atoms with Crippen LogP contribution >= 0.6 is 0 Å². The Balaban J connectivity index is 1.93. The van der Waals surface area contributed by atoms with E-state index < -0.39 is 0 Å². The molecule has 0 aliphatic carbocycles. The minimum absolute atomic E-state index is 0.0951. The molecule has 2 aromatic rings. The van der Waals surface area contributed by atoms with Gasteiger partial charge in [0.1, 0.15) is 5.69 Å². The molecule has 1 aliphatic rings. The van der Waals surface area contributed by atoms with Crippen molar-refractivity contribution in [2.45, 2.75) is 45.7 Å². The van der Waals surface area contributed by atoms with Crippen molar-refractivity contribution < 1.29 is 4.79 Å². The summed E-state index contributed by atoms with van der Waals surface area (Å²) >= 11 is 0. The van der Waals surface area contributed by atoms with Crippen LogP contribution in [-0.4, -0.2) is 21.7 Å². The molecule has 5 heteroatoms. The Morgan fingerprint density at radius 2 is 2.04 bits per heavy atom. The molecular formula is C18H21N3O2. The first kappa shape index (κ1) is 15.5. The maximum absolute atomic E-state index is 12.9. The predicted octanol–water partition coefficient (Wildman–Crippen LogP) is 2.63. The first-order chi connectivity index (χ1) is 11.1. The molecule has 0 N–H and O–H groups in total. The summed E-state index contributed by atoms with van der Waals surface area (Å²) in [7, 11) is 0. The predicted molar refractivity (Wildman–Crippen MR) is 89.8 cm³/mol. The summed E-state index contributed by atoms with van der Waals surface area (Å²) in [5, 5.41) is 4.27. The normalized spacial score (nSPS) is 16.4. The Hall–Kier alpha value is -2.43. The average molecular weight is 311 g/mol. The second kappa shape index (κ2) is 6.36. The van der Waals surface area contributed by atoms with E-state index in [0.29, 0.717) is 12.2 Å². The molecule has 1 unspecified atom stereocenters. The van der Waals surface area contributed by atoms with Crippen molar-refractivity contribution in [3.8, 4) is 0 Å². The van der Waals surface area contributed by atoms with Crippen LogP contribution in [0.25, 0.3) is 0 Å². The van der Waals surface area contributed by atoms with Crippen LogP contribution in [0.5, 0.6) is 0 Å². The number of hydrogen-bond donors (Lipinski definition) is 0. The number of benzene rings is 1. The average Bonchev–Trinajstić information content (AvgIpc) is 2.89. The molecule has 3 rings (SSSR count). The van der Waals surface area contributed by atoms with E-state index in [1.54, 1.807) is 4.90 Å². The fourth-order valence-corrected chi connectivity index (χ4v) is 3.03. The third kappa shape index (κ3) is 2.91. The molecule has 0 spiro atoms. The maximum atomic E-state index is 12.9. The Morgan fingerprint density at radius 1 is 1.26 bits per heavy atom. The van der Waals surface area contributed by atoms with Crippen molar-refractivity contribution in [3.63, 3.8) is 0 Å². The zero-order valence-corrected chi connectivity index (χ0v) is 13.5. The van der Waals surface area contributed by atoms with E-state index in [-0.39, 0.29) is 17.5 Å². The molecule has 1 aliphatic heterocycles. The number of para-hydroxylation sites is 1. The van der Waals surface area contributed by atoms with Gasteiger partial charge in [0, 0.05) is 24.3 Å². The lowest BCUT2D eigenvalue weighted by Crippen LogP contribution is -2.37. The number of fused-ring (bicyclic) bond motifs is 1. The van der Waals surface area contributed by atoms with Gasteiger partial charge in [-0.1, -0.05) is 31.5 Å². The molecule has 1 amide bonds. The molecule has 23 heavy (non-hydrogen) atoms. The molecule has 0 saturated carbocycles. The van der Waals surface area contributed by atoms with E-state index in [0.717, 1.165) is 24.9 Å². The van der Waals surface area contributed by atoms with Gasteiger partial charge in [-0.3, -0.25) is 9.59 Å². The molecule has 1 aromatic carbocycles. The smallest absolute Gasteiger partial charge is 0.278 e. The molecule has 1 atom stereocenters. The van der Waals surface area contributed by atoms with Crippen LogP contribution in [0.1, 0.15) is 42.7 Å². The van der Waals surface area contributed by atoms with Crippen molar-refractivity contribution in [1.82, 2.24) is 9.78 Å². The summed E-state index contributed by atoms with van der Waals surface area (Å²) < 4.78 is 1.39. The maximum Gasteiger partial charge on any atom is 0.278 e. The van der Waals surface area contributed by atoms with E-state index in [1.165, 1.54) is 22.4 Å². The number of unbranched alkanes of at least 4 members (excludes halogenated alkanes) is 1. The summed E-state index contributed by atoms with van der Waals surface area (Å²) in [6.07, 6.45) is 2.69. The lowest BCUT2D eigenvalue weighted by molar-refractivity contribution is 0.0974. The molecule has 2 heterocycles. The van der Waals surface area contributed by atoms with Gasteiger partial charge in [0.05, 0.1) is 0 Å². The van der Waals surface area contributed by atoms with Gasteiger partial charge in [-0.05, 0) is 37.5 Å². The number of carbonyl (C=O) groups excluding carboxylic acids is 1. The van der Waals surface area contributed by atoms with E-state index in [1.807, 2.05) is 25.1 Å². The number of anilines is 1. The Morgan fingerprint density at radius 3 is 2.83 bits per heavy atom. The fraction of sp³-hybridized carbons (Fsp3) is 0.389. The van der Waals surface area contributed by atoms with Gasteiger partial charge in [-0.25, -0.2) is 4.68 Å². The summed E-state index contributed by atoms with van der Waals surface area (Å²) in [5.74, 6) is -0.146. The molecule has 5 nitrogen and oxygen atoms in total. The number of aromatic nitrogens is 2. The number of hydrogen-bond acceptors (Lipinski definition) is 3. The Kier molecular flexibility index (Phi) is 4.28. The van der Waals surface area contributed by atoms with Crippen LogP contribution in [0.3, 0.4) is 0 Å². The standard InChI is InChI=1S/C18H21N3O2/c1-3-4-11-20-17(22)10-9-15(19-20)18(23)21-13(2)12-14-7-5-6-8-16(14)21/h5-10,13H,3-4,11-12H2,1-2H3. The molecule has 0 bridgehead atoms. The van der Waals surface area contributed by atoms with Crippen molar-refractivity contribution >= 4 is 11.6 Å². The van der Waals surface area contributed by atoms with Crippen LogP contribution < -0.4 is 10.5 Å². The first-order valence-electron chi connectivity index (χ1n) is 8.11. The van der Waals surface area contributed by atoms with Crippen molar-refractivity contribution in [2.24, 2.45) is 0 Å². The summed E-state index contributed by atoms with van der Waals surface area (Å²) in [4.78, 5) is 26.5. The van der Waals surface area contributed by atoms with Gasteiger partial charge < -0.3 is 4.90 Å². The number of rotatable bonds is 4. The molecule has 0 fully saturated rings. The minimum Gasteiger partial charge on any atom is -0.304 e. The zero-order chi connectivity index (χ0) is 16.4. The van der Waals surface area contributed by atoms with Gasteiger partial charge in [-0.2, -0.15) is 5.10 Å². The first-order valence-corrected chi connectivity index (χ1v) is 8.11. The van der Waals surface area contributed by atoms with Crippen molar-refractivity contribution in [1.29, 1.82) is 0 Å². The number of nitrogens with zero attached hydrogens (tertiary/aromatic N) is 3. The quantitative estimate of drug-likeness (QED) is 0.872. The number of carbonyl (C=O) groups is 1. The highest BCUT2D eigenvalue weighted by Crippen LogP contribution is 2.32. The van der Waals surface area contributed by atoms with Gasteiger partial charge >= 0.3 is 0 Å². The summed E-state index contributed by atoms with van der Waals surface area (Å²) in [5.41, 5.74) is 2.28. The second-order valence-corrected chi connectivity index (χ2v) is 5.99. The van der Waals surface area contributed by atoms with Crippen LogP contribution in [0.2, 0.25) is 0 Å². The second-order valence-electron chi connectivity index (χ2n) is 5.99. The zero-order valence-electron chi connectivity index (χ0n) is 13.5. The van der Waals surface area contributed by atoms with Gasteiger partial charge in [0.25, 0.3) is 11.5 Å². The van der Waals surface area contributed by atoms with Crippen LogP contribution in [0, 0.1) is 0 Å². The fourth-order valence-electron chi connectivity index (χ4n) is 3.03. The highest BCUT2D eigenvalue weighted by molar-refractivity contribution is 6.06. The highest BCUT2D eigenvalue weighted by Gasteiger charge is 2.32. The SMILES string of the molecule is CCCCn1nc(C(=O)N2c3ccccc3CC2C)ccc1=O. The topological polar surface area (TPSA) is 55.2 Å². The van der Waals surface area contributed by atoms with E-state index in [2.05, 4.69) is 18.1 Å². The number of amides is 1. The lowest BCUT2D eigenvalue weighted by Gasteiger charge is -2.22. The van der Waals surface area contributed by atoms with Crippen molar-refractivity contribution in [2.75, 3.05) is 4.90 Å². The van der Waals surface area contributed by atoms with Crippen LogP contribution in [0.15, 0.2) is 41.2 Å². The molecular weight excluding hydrogens is 290 g/mol. The summed E-state index contributed by atoms with van der Waals surface area (Å²) in [6, 6.07) is 11.0. The van der Waals surface area contributed by atoms with Gasteiger partial charge in [-0.15, -0.1) is 0 Å². The largest absolute Gasteiger partial charge is 0.304 e. The van der Waals surface area contributed by atoms with E-state index in [9.17, 15) is 9.59 Å². The van der Waals surface area contributed by atoms with Crippen molar-refractivity contribution in [3.05, 3.63) is 58.0 Å². The third-order valence-electron chi connectivity index (χ3n) is 4.24. The van der Waals surface area contributed by atoms with Gasteiger partial charge in [0.2, 0.25) is 0 Å². The molecule has 0 saturated heterocycles. The van der Waals surface area contributed by atoms with Gasteiger partial charge in [0.15, 0.2) is 0 Å². The van der Waals surface area contributed by atoms with E-state index >= 15 is 0 Å². The third-order valence-corrected chi connectivity index (χ3v) is 4.24. The molecule has 1 aromatic heterocycles. The minimum atomic E-state index is -0.162. The Bertz CT molecular complexity index is 782. The lowest BCUT2D eigenvalue weighted by atomic mass is 10.1. The van der Waals surface area contributed by atoms with E-state index in [4.69, 9.17) is 0 Å². The Labute approximate surface area is 135 Å². The summed E-state index contributed by atoms with van der Waals surface area (Å²) in [6.45, 7) is 4.64. The molecule has 120 valence electrons. The monoisotopic (exact) mass is 311 g/mol. The number of aryl methyl sites for hydroxylation is 1. The van der Waals surface area contributed by atoms with Crippen LogP contribution in [-0.2, 0) is 13.0 Å². The highest BCUT2D eigenvalue weighted by atomic mass is 16.2.